The van der Waals surface area contributed by atoms with Crippen LogP contribution in [-0.4, -0.2) is 0 Å². The summed E-state index contributed by atoms with van der Waals surface area (Å²) in [6.45, 7) is 0. The molecule has 0 aliphatic carbocycles. The summed E-state index contributed by atoms with van der Waals surface area (Å²) >= 11 is 0. The van der Waals surface area contributed by atoms with Crippen LogP contribution in [0.4, 0.5) is 34.1 Å². The minimum absolute atomic E-state index is 0.792. The number of para-hydroxylation sites is 4. The number of rotatable bonds is 16. The van der Waals surface area contributed by atoms with E-state index in [2.05, 4.69) is 459 Å². The predicted molar refractivity (Wildman–Crippen MR) is 526 cm³/mol. The lowest BCUT2D eigenvalue weighted by molar-refractivity contribution is 0.617. The summed E-state index contributed by atoms with van der Waals surface area (Å²) in [5.74, 6) is 1.65. The Labute approximate surface area is 728 Å². The third kappa shape index (κ3) is 13.2. The Hall–Kier alpha value is -16.8. The monoisotopic (exact) mass is 1610 g/mol. The number of anilines is 6. The Morgan fingerprint density at radius 3 is 0.754 bits per heavy atom. The number of hydrogen-bond donors (Lipinski definition) is 0. The maximum absolute atomic E-state index is 7.48. The van der Waals surface area contributed by atoms with Crippen molar-refractivity contribution in [3.63, 3.8) is 0 Å². The SMILES string of the molecule is c1ccc(-c2coc3c2cc(N(c2ccccc2)c2ccccc2)c2c4occ(-c5ccccc5)c4cc(N(c4ccccc4)c4ccccc4)c32)cc1.c1ccc(-c2oc3c(cc(-c4ccc(-c5cccc6ccccc56)cc4)c4c5oc(-c6ccccc6)c(-c6ccccc6)c5cc(-c5ccc(-c6cccc7ccccc67)cc5)c34)c2-c2ccccc2)cc1. The molecule has 0 bridgehead atoms. The number of benzene rings is 20. The second-order valence-corrected chi connectivity index (χ2v) is 32.0. The van der Waals surface area contributed by atoms with Crippen molar-refractivity contribution in [3.8, 4) is 112 Å². The molecule has 6 nitrogen and oxygen atoms in total. The first-order valence-electron chi connectivity index (χ1n) is 42.8. The maximum Gasteiger partial charge on any atom is 0.144 e. The highest BCUT2D eigenvalue weighted by Crippen LogP contribution is 2.57. The van der Waals surface area contributed by atoms with Crippen LogP contribution >= 0.6 is 0 Å². The van der Waals surface area contributed by atoms with Crippen molar-refractivity contribution < 1.29 is 17.7 Å². The normalized spacial score (nSPS) is 11.5. The van der Waals surface area contributed by atoms with Crippen molar-refractivity contribution >= 4 is 121 Å². The Bertz CT molecular complexity index is 7550. The van der Waals surface area contributed by atoms with Crippen LogP contribution in [0.1, 0.15) is 0 Å². The largest absolute Gasteiger partial charge is 0.463 e. The van der Waals surface area contributed by atoms with Gasteiger partial charge in [0, 0.05) is 88.4 Å². The summed E-state index contributed by atoms with van der Waals surface area (Å²) in [5.41, 5.74) is 28.8. The molecule has 4 heterocycles. The summed E-state index contributed by atoms with van der Waals surface area (Å²) in [7, 11) is 0. The topological polar surface area (TPSA) is 59.0 Å². The summed E-state index contributed by atoms with van der Waals surface area (Å²) in [5, 5.41) is 12.9. The first-order chi connectivity index (χ1) is 62.6. The second kappa shape index (κ2) is 32.0. The van der Waals surface area contributed by atoms with E-state index in [1.165, 1.54) is 32.7 Å². The van der Waals surface area contributed by atoms with Gasteiger partial charge in [0.05, 0.1) is 34.7 Å². The first kappa shape index (κ1) is 74.3. The van der Waals surface area contributed by atoms with E-state index in [0.29, 0.717) is 0 Å². The fraction of sp³-hybridized carbons (Fsp3) is 0. The van der Waals surface area contributed by atoms with Crippen molar-refractivity contribution in [2.75, 3.05) is 9.80 Å². The van der Waals surface area contributed by atoms with E-state index in [1.807, 2.05) is 24.7 Å². The maximum atomic E-state index is 7.48. The zero-order chi connectivity index (χ0) is 83.4. The highest BCUT2D eigenvalue weighted by molar-refractivity contribution is 6.31. The third-order valence-corrected chi connectivity index (χ3v) is 24.6. The van der Waals surface area contributed by atoms with Crippen molar-refractivity contribution in [1.82, 2.24) is 0 Å². The molecule has 126 heavy (non-hydrogen) atoms. The van der Waals surface area contributed by atoms with E-state index in [1.54, 1.807) is 0 Å². The Kier molecular flexibility index (Phi) is 18.8. The van der Waals surface area contributed by atoms with E-state index in [-0.39, 0.29) is 0 Å². The zero-order valence-electron chi connectivity index (χ0n) is 68.6. The molecule has 0 fully saturated rings. The van der Waals surface area contributed by atoms with Gasteiger partial charge in [0.25, 0.3) is 0 Å². The van der Waals surface area contributed by atoms with Gasteiger partial charge in [0.15, 0.2) is 0 Å². The third-order valence-electron chi connectivity index (χ3n) is 24.6. The van der Waals surface area contributed by atoms with E-state index in [9.17, 15) is 0 Å². The molecule has 24 aromatic rings. The van der Waals surface area contributed by atoms with Crippen LogP contribution in [0.3, 0.4) is 0 Å². The lowest BCUT2D eigenvalue weighted by Gasteiger charge is -2.30. The van der Waals surface area contributed by atoms with Crippen molar-refractivity contribution in [3.05, 3.63) is 474 Å². The molecule has 6 heteroatoms. The number of hydrogen-bond acceptors (Lipinski definition) is 6. The molecule has 0 spiro atoms. The molecule has 0 saturated heterocycles. The van der Waals surface area contributed by atoms with Gasteiger partial charge >= 0.3 is 0 Å². The highest BCUT2D eigenvalue weighted by Gasteiger charge is 2.32. The molecule has 0 amide bonds. The molecular weight excluding hydrogens is 1530 g/mol. The minimum Gasteiger partial charge on any atom is -0.463 e. The fourth-order valence-electron chi connectivity index (χ4n) is 18.9. The molecule has 0 saturated carbocycles. The number of nitrogens with zero attached hydrogens (tertiary/aromatic N) is 2. The molecule has 0 aliphatic heterocycles. The molecular formula is C120H78N2O4. The predicted octanol–water partition coefficient (Wildman–Crippen LogP) is 34.6. The van der Waals surface area contributed by atoms with Crippen LogP contribution in [0.15, 0.2) is 491 Å². The van der Waals surface area contributed by atoms with Gasteiger partial charge in [-0.2, -0.15) is 0 Å². The van der Waals surface area contributed by atoms with Gasteiger partial charge in [-0.05, 0) is 161 Å². The molecule has 0 aliphatic rings. The molecule has 0 radical (unpaired) electrons. The smallest absolute Gasteiger partial charge is 0.144 e. The average molecular weight is 1610 g/mol. The zero-order valence-corrected chi connectivity index (χ0v) is 68.6. The second-order valence-electron chi connectivity index (χ2n) is 32.0. The molecule has 4 aromatic heterocycles. The van der Waals surface area contributed by atoms with Crippen LogP contribution in [0.2, 0.25) is 0 Å². The van der Waals surface area contributed by atoms with Crippen LogP contribution in [-0.2, 0) is 0 Å². The van der Waals surface area contributed by atoms with Crippen molar-refractivity contribution in [1.29, 1.82) is 0 Å². The Morgan fingerprint density at radius 1 is 0.167 bits per heavy atom. The van der Waals surface area contributed by atoms with Gasteiger partial charge in [0.1, 0.15) is 33.9 Å². The van der Waals surface area contributed by atoms with Crippen LogP contribution in [0.25, 0.3) is 199 Å². The average Bonchev–Trinajstić information content (AvgIpc) is 1.52. The fourth-order valence-corrected chi connectivity index (χ4v) is 18.9. The van der Waals surface area contributed by atoms with Crippen molar-refractivity contribution in [2.24, 2.45) is 0 Å². The van der Waals surface area contributed by atoms with Crippen LogP contribution in [0.5, 0.6) is 0 Å². The Morgan fingerprint density at radius 2 is 0.429 bits per heavy atom. The van der Waals surface area contributed by atoms with E-state index < -0.39 is 0 Å². The van der Waals surface area contributed by atoms with Gasteiger partial charge < -0.3 is 27.5 Å². The quantitative estimate of drug-likeness (QED) is 0.0961. The summed E-state index contributed by atoms with van der Waals surface area (Å²) in [6.07, 6.45) is 3.80. The minimum atomic E-state index is 0.792. The van der Waals surface area contributed by atoms with Gasteiger partial charge in [-0.15, -0.1) is 0 Å². The van der Waals surface area contributed by atoms with E-state index in [0.717, 1.165) is 200 Å². The van der Waals surface area contributed by atoms with Gasteiger partial charge in [-0.25, -0.2) is 0 Å². The molecule has 24 rings (SSSR count). The molecule has 0 atom stereocenters. The molecule has 0 unspecified atom stereocenters. The molecule has 0 N–H and O–H groups in total. The Balaban J connectivity index is 0.000000151. The van der Waals surface area contributed by atoms with E-state index in [4.69, 9.17) is 17.7 Å². The summed E-state index contributed by atoms with van der Waals surface area (Å²) in [6, 6.07) is 164. The van der Waals surface area contributed by atoms with Crippen LogP contribution < -0.4 is 9.80 Å². The first-order valence-corrected chi connectivity index (χ1v) is 42.8. The molecule has 20 aromatic carbocycles. The van der Waals surface area contributed by atoms with Gasteiger partial charge in [-0.3, -0.25) is 0 Å². The van der Waals surface area contributed by atoms with Gasteiger partial charge in [0.2, 0.25) is 0 Å². The van der Waals surface area contributed by atoms with Crippen LogP contribution in [0, 0.1) is 0 Å². The lowest BCUT2D eigenvalue weighted by Crippen LogP contribution is -2.13. The number of furan rings is 4. The molecule has 592 valence electrons. The van der Waals surface area contributed by atoms with Gasteiger partial charge in [-0.1, -0.05) is 388 Å². The highest BCUT2D eigenvalue weighted by atomic mass is 16.3. The van der Waals surface area contributed by atoms with E-state index >= 15 is 0 Å². The standard InChI is InChI=1S/C70H44O2.C50H34N2O2/c1-5-21-51(22-6-1)63-61-43-59(49-39-35-47(36-40-49)57-33-17-29-45-19-13-15-31-55(45)57)66-65(69(61)71-67(63)53-25-9-3-10-26-53)60(50-41-37-48(38-42-50)58-34-18-30-46-20-14-16-32-56(46)58)44-62-64(52-23-7-2-8-24-52)68(72-70(62)66)54-27-11-4-12-28-54;1-7-19-35(20-8-1)43-33-53-49-41(43)31-45(51(37-23-11-3-12-24-37)38-25-13-4-14-26-38)48-47(49)46(32-42-44(34-54-50(42)48)36-21-9-2-10-22-36)52(39-27-15-5-16-28-39)40-29-17-6-18-30-40/h1-44H;1-34H. The summed E-state index contributed by atoms with van der Waals surface area (Å²) in [4.78, 5) is 4.68. The van der Waals surface area contributed by atoms with Crippen molar-refractivity contribution in [2.45, 2.75) is 0 Å². The summed E-state index contributed by atoms with van der Waals surface area (Å²) < 4.78 is 28.5. The lowest BCUT2D eigenvalue weighted by atomic mass is 9.86. The number of fused-ring (bicyclic) bond motifs is 12.